The summed E-state index contributed by atoms with van der Waals surface area (Å²) >= 11 is 1.65. The van der Waals surface area contributed by atoms with Gasteiger partial charge in [0.2, 0.25) is 0 Å². The van der Waals surface area contributed by atoms with Crippen LogP contribution in [0.25, 0.3) is 10.2 Å². The second kappa shape index (κ2) is 5.92. The average molecular weight is 288 g/mol. The van der Waals surface area contributed by atoms with Crippen molar-refractivity contribution in [2.24, 2.45) is 0 Å². The van der Waals surface area contributed by atoms with Gasteiger partial charge in [0.1, 0.15) is 5.75 Å². The number of hydrogen-bond donors (Lipinski definition) is 1. The number of nitrogens with one attached hydrogen (secondary N) is 1. The number of aryl methyl sites for hydroxylation is 1. The van der Waals surface area contributed by atoms with Gasteiger partial charge in [-0.3, -0.25) is 4.68 Å². The largest absolute Gasteiger partial charge is 0.497 e. The number of nitrogens with zero attached hydrogens (tertiary/aromatic N) is 3. The number of benzene rings is 1. The summed E-state index contributed by atoms with van der Waals surface area (Å²) < 4.78 is 8.29. The summed E-state index contributed by atoms with van der Waals surface area (Å²) in [5, 5.41) is 8.49. The summed E-state index contributed by atoms with van der Waals surface area (Å²) in [6, 6.07) is 7.87. The number of thiazole rings is 1. The molecule has 3 aromatic rings. The van der Waals surface area contributed by atoms with Crippen molar-refractivity contribution in [1.82, 2.24) is 14.8 Å². The molecule has 0 aliphatic rings. The van der Waals surface area contributed by atoms with Crippen LogP contribution in [-0.4, -0.2) is 28.4 Å². The number of methoxy groups -OCH3 is 1. The summed E-state index contributed by atoms with van der Waals surface area (Å²) in [6.45, 7) is 1.80. The van der Waals surface area contributed by atoms with Crippen molar-refractivity contribution in [2.45, 2.75) is 13.0 Å². The molecule has 3 rings (SSSR count). The van der Waals surface area contributed by atoms with Crippen LogP contribution in [0.2, 0.25) is 0 Å². The minimum Gasteiger partial charge on any atom is -0.497 e. The second-order valence-corrected chi connectivity index (χ2v) is 5.43. The molecule has 0 bridgehead atoms. The molecular formula is C14H16N4OS. The first-order valence-electron chi connectivity index (χ1n) is 6.51. The third kappa shape index (κ3) is 2.91. The van der Waals surface area contributed by atoms with Gasteiger partial charge in [-0.25, -0.2) is 4.98 Å². The quantitative estimate of drug-likeness (QED) is 0.708. The van der Waals surface area contributed by atoms with Crippen LogP contribution in [0.4, 0.5) is 5.13 Å². The molecule has 0 radical (unpaired) electrons. The highest BCUT2D eigenvalue weighted by Gasteiger charge is 2.04. The SMILES string of the molecule is COc1ccc2nc(NCCCn3cccn3)sc2c1. The van der Waals surface area contributed by atoms with E-state index in [1.807, 2.05) is 35.1 Å². The van der Waals surface area contributed by atoms with Gasteiger partial charge in [-0.2, -0.15) is 5.10 Å². The molecule has 1 N–H and O–H groups in total. The van der Waals surface area contributed by atoms with Gasteiger partial charge >= 0.3 is 0 Å². The Balaban J connectivity index is 1.57. The van der Waals surface area contributed by atoms with E-state index < -0.39 is 0 Å². The van der Waals surface area contributed by atoms with E-state index in [1.165, 1.54) is 0 Å². The Kier molecular flexibility index (Phi) is 3.83. The third-order valence-electron chi connectivity index (χ3n) is 3.00. The van der Waals surface area contributed by atoms with Gasteiger partial charge in [-0.15, -0.1) is 0 Å². The summed E-state index contributed by atoms with van der Waals surface area (Å²) in [7, 11) is 1.68. The van der Waals surface area contributed by atoms with Gasteiger partial charge < -0.3 is 10.1 Å². The van der Waals surface area contributed by atoms with Crippen LogP contribution in [0.5, 0.6) is 5.75 Å². The molecule has 0 amide bonds. The number of aromatic nitrogens is 3. The van der Waals surface area contributed by atoms with Gasteiger partial charge in [0.05, 0.1) is 17.3 Å². The van der Waals surface area contributed by atoms with E-state index in [4.69, 9.17) is 4.74 Å². The zero-order valence-corrected chi connectivity index (χ0v) is 12.1. The van der Waals surface area contributed by atoms with E-state index in [0.717, 1.165) is 40.6 Å². The van der Waals surface area contributed by atoms with E-state index in [2.05, 4.69) is 15.4 Å². The van der Waals surface area contributed by atoms with Gasteiger partial charge in [0.15, 0.2) is 5.13 Å². The van der Waals surface area contributed by atoms with Crippen molar-refractivity contribution >= 4 is 26.7 Å². The highest BCUT2D eigenvalue weighted by molar-refractivity contribution is 7.22. The molecule has 0 aliphatic carbocycles. The lowest BCUT2D eigenvalue weighted by atomic mass is 10.3. The van der Waals surface area contributed by atoms with Gasteiger partial charge in [-0.1, -0.05) is 11.3 Å². The zero-order chi connectivity index (χ0) is 13.8. The molecule has 0 unspecified atom stereocenters. The summed E-state index contributed by atoms with van der Waals surface area (Å²) in [6.07, 6.45) is 4.79. The van der Waals surface area contributed by atoms with Gasteiger partial charge in [0, 0.05) is 25.5 Å². The molecule has 0 aliphatic heterocycles. The van der Waals surface area contributed by atoms with Crippen molar-refractivity contribution < 1.29 is 4.74 Å². The summed E-state index contributed by atoms with van der Waals surface area (Å²) in [4.78, 5) is 4.55. The van der Waals surface area contributed by atoms with E-state index in [0.29, 0.717) is 0 Å². The van der Waals surface area contributed by atoms with Crippen molar-refractivity contribution in [3.63, 3.8) is 0 Å². The van der Waals surface area contributed by atoms with Crippen LogP contribution in [0.3, 0.4) is 0 Å². The lowest BCUT2D eigenvalue weighted by Crippen LogP contribution is -2.06. The van der Waals surface area contributed by atoms with E-state index in [9.17, 15) is 0 Å². The Bertz CT molecular complexity index is 678. The Morgan fingerprint density at radius 3 is 3.15 bits per heavy atom. The Morgan fingerprint density at radius 1 is 1.40 bits per heavy atom. The van der Waals surface area contributed by atoms with Gasteiger partial charge in [0.25, 0.3) is 0 Å². The van der Waals surface area contributed by atoms with Crippen molar-refractivity contribution in [3.8, 4) is 5.75 Å². The summed E-state index contributed by atoms with van der Waals surface area (Å²) in [5.74, 6) is 0.867. The maximum atomic E-state index is 5.22. The topological polar surface area (TPSA) is 52.0 Å². The Hall–Kier alpha value is -2.08. The lowest BCUT2D eigenvalue weighted by Gasteiger charge is -2.02. The van der Waals surface area contributed by atoms with Crippen molar-refractivity contribution in [2.75, 3.05) is 19.0 Å². The maximum Gasteiger partial charge on any atom is 0.183 e. The van der Waals surface area contributed by atoms with Crippen molar-refractivity contribution in [3.05, 3.63) is 36.7 Å². The maximum absolute atomic E-state index is 5.22. The Morgan fingerprint density at radius 2 is 2.35 bits per heavy atom. The number of hydrogen-bond acceptors (Lipinski definition) is 5. The van der Waals surface area contributed by atoms with Crippen LogP contribution in [0.1, 0.15) is 6.42 Å². The molecule has 0 fully saturated rings. The predicted molar refractivity (Wildman–Crippen MR) is 81.5 cm³/mol. The van der Waals surface area contributed by atoms with Crippen molar-refractivity contribution in [1.29, 1.82) is 0 Å². The number of ether oxygens (including phenoxy) is 1. The van der Waals surface area contributed by atoms with E-state index in [-0.39, 0.29) is 0 Å². The minimum atomic E-state index is 0.867. The first-order valence-corrected chi connectivity index (χ1v) is 7.33. The summed E-state index contributed by atoms with van der Waals surface area (Å²) in [5.41, 5.74) is 1.00. The normalized spacial score (nSPS) is 10.8. The molecule has 2 heterocycles. The highest BCUT2D eigenvalue weighted by Crippen LogP contribution is 2.28. The standard InChI is InChI=1S/C14H16N4OS/c1-19-11-4-5-12-13(10-11)20-14(17-12)15-6-2-8-18-9-3-7-16-18/h3-5,7,9-10H,2,6,8H2,1H3,(H,15,17). The molecular weight excluding hydrogens is 272 g/mol. The van der Waals surface area contributed by atoms with Crippen LogP contribution >= 0.6 is 11.3 Å². The molecule has 0 atom stereocenters. The first kappa shape index (κ1) is 12.9. The molecule has 104 valence electrons. The fraction of sp³-hybridized carbons (Fsp3) is 0.286. The number of rotatable bonds is 6. The van der Waals surface area contributed by atoms with Crippen LogP contribution < -0.4 is 10.1 Å². The number of anilines is 1. The minimum absolute atomic E-state index is 0.867. The van der Waals surface area contributed by atoms with Crippen LogP contribution in [0, 0.1) is 0 Å². The average Bonchev–Trinajstić information content (AvgIpc) is 3.11. The third-order valence-corrected chi connectivity index (χ3v) is 3.97. The molecule has 2 aromatic heterocycles. The van der Waals surface area contributed by atoms with Crippen LogP contribution in [0.15, 0.2) is 36.7 Å². The molecule has 20 heavy (non-hydrogen) atoms. The fourth-order valence-electron chi connectivity index (χ4n) is 1.98. The smallest absolute Gasteiger partial charge is 0.183 e. The van der Waals surface area contributed by atoms with Gasteiger partial charge in [-0.05, 0) is 30.7 Å². The first-order chi connectivity index (χ1) is 9.85. The lowest BCUT2D eigenvalue weighted by molar-refractivity contribution is 0.415. The van der Waals surface area contributed by atoms with Crippen LogP contribution in [-0.2, 0) is 6.54 Å². The molecule has 1 aromatic carbocycles. The highest BCUT2D eigenvalue weighted by atomic mass is 32.1. The Labute approximate surface area is 121 Å². The zero-order valence-electron chi connectivity index (χ0n) is 11.2. The molecule has 0 saturated carbocycles. The molecule has 6 heteroatoms. The fourth-order valence-corrected chi connectivity index (χ4v) is 2.90. The monoisotopic (exact) mass is 288 g/mol. The second-order valence-electron chi connectivity index (χ2n) is 4.40. The molecule has 5 nitrogen and oxygen atoms in total. The molecule has 0 spiro atoms. The van der Waals surface area contributed by atoms with E-state index >= 15 is 0 Å². The number of fused-ring (bicyclic) bond motifs is 1. The van der Waals surface area contributed by atoms with E-state index in [1.54, 1.807) is 24.6 Å². The molecule has 0 saturated heterocycles. The predicted octanol–water partition coefficient (Wildman–Crippen LogP) is 3.00.